The summed E-state index contributed by atoms with van der Waals surface area (Å²) in [7, 11) is 0. The van der Waals surface area contributed by atoms with E-state index in [0.29, 0.717) is 19.1 Å². The quantitative estimate of drug-likeness (QED) is 0.818. The maximum Gasteiger partial charge on any atom is 0.303 e. The summed E-state index contributed by atoms with van der Waals surface area (Å²) in [5.74, 6) is -0.173. The van der Waals surface area contributed by atoms with E-state index in [1.165, 1.54) is 0 Å². The molecule has 0 radical (unpaired) electrons. The number of aliphatic carboxylic acids is 1. The van der Waals surface area contributed by atoms with Crippen LogP contribution in [0.1, 0.15) is 33.1 Å². The topological polar surface area (TPSA) is 55.8 Å². The van der Waals surface area contributed by atoms with Gasteiger partial charge >= 0.3 is 5.97 Å². The fourth-order valence-corrected chi connectivity index (χ4v) is 3.31. The molecule has 0 unspecified atom stereocenters. The minimum absolute atomic E-state index is 0.0369. The Morgan fingerprint density at radius 3 is 2.29 bits per heavy atom. The zero-order valence-corrected chi connectivity index (χ0v) is 10.7. The minimum atomic E-state index is -0.715. The van der Waals surface area contributed by atoms with Gasteiger partial charge in [-0.05, 0) is 24.2 Å². The first-order valence-electron chi connectivity index (χ1n) is 6.35. The molecule has 0 aromatic heterocycles. The smallest absolute Gasteiger partial charge is 0.303 e. The Labute approximate surface area is 102 Å². The highest BCUT2D eigenvalue weighted by Crippen LogP contribution is 2.54. The van der Waals surface area contributed by atoms with Gasteiger partial charge in [-0.25, -0.2) is 0 Å². The average molecular weight is 242 g/mol. The van der Waals surface area contributed by atoms with Crippen molar-refractivity contribution in [1.29, 1.82) is 0 Å². The van der Waals surface area contributed by atoms with Crippen LogP contribution in [-0.2, 0) is 14.3 Å². The van der Waals surface area contributed by atoms with E-state index in [9.17, 15) is 4.79 Å². The number of hydrogen-bond donors (Lipinski definition) is 1. The van der Waals surface area contributed by atoms with Gasteiger partial charge in [0.15, 0.2) is 0 Å². The lowest BCUT2D eigenvalue weighted by molar-refractivity contribution is -0.222. The Balaban J connectivity index is 2.14. The number of carboxylic acids is 1. The van der Waals surface area contributed by atoms with Gasteiger partial charge in [-0.15, -0.1) is 0 Å². The van der Waals surface area contributed by atoms with Crippen LogP contribution in [-0.4, -0.2) is 37.5 Å². The van der Waals surface area contributed by atoms with E-state index in [-0.39, 0.29) is 17.3 Å². The van der Waals surface area contributed by atoms with Crippen molar-refractivity contribution in [1.82, 2.24) is 0 Å². The lowest BCUT2D eigenvalue weighted by Gasteiger charge is -2.57. The van der Waals surface area contributed by atoms with Crippen molar-refractivity contribution >= 4 is 5.97 Å². The highest BCUT2D eigenvalue weighted by Gasteiger charge is 2.56. The molecule has 2 aliphatic rings. The summed E-state index contributed by atoms with van der Waals surface area (Å²) in [6, 6.07) is 0. The number of rotatable bonds is 4. The Hall–Kier alpha value is -0.610. The van der Waals surface area contributed by atoms with Crippen molar-refractivity contribution in [2.75, 3.05) is 26.4 Å². The summed E-state index contributed by atoms with van der Waals surface area (Å²) in [6.45, 7) is 7.15. The number of hydrogen-bond acceptors (Lipinski definition) is 3. The number of carbonyl (C=O) groups is 1. The van der Waals surface area contributed by atoms with Crippen LogP contribution >= 0.6 is 0 Å². The number of ether oxygens (including phenoxy) is 2. The van der Waals surface area contributed by atoms with Crippen LogP contribution in [0.2, 0.25) is 0 Å². The maximum atomic E-state index is 11.0. The maximum absolute atomic E-state index is 11.0. The fraction of sp³-hybridized carbons (Fsp3) is 0.923. The second kappa shape index (κ2) is 4.58. The summed E-state index contributed by atoms with van der Waals surface area (Å²) >= 11 is 0. The van der Waals surface area contributed by atoms with Gasteiger partial charge in [-0.2, -0.15) is 0 Å². The highest BCUT2D eigenvalue weighted by molar-refractivity contribution is 5.67. The van der Waals surface area contributed by atoms with Crippen LogP contribution in [0, 0.1) is 16.7 Å². The molecule has 4 heteroatoms. The Morgan fingerprint density at radius 1 is 1.29 bits per heavy atom. The first-order chi connectivity index (χ1) is 7.98. The van der Waals surface area contributed by atoms with E-state index in [4.69, 9.17) is 14.6 Å². The standard InChI is InChI=1S/C13H22O4/c1-12(2,7-11(14)15)13(8-17-9-13)10-3-5-16-6-4-10/h10H,3-9H2,1-2H3,(H,14,15). The van der Waals surface area contributed by atoms with Crippen molar-refractivity contribution in [3.63, 3.8) is 0 Å². The normalized spacial score (nSPS) is 25.3. The first kappa shape index (κ1) is 12.8. The highest BCUT2D eigenvalue weighted by atomic mass is 16.5. The SMILES string of the molecule is CC(C)(CC(=O)O)C1(C2CCOCC2)COC1. The Morgan fingerprint density at radius 2 is 1.88 bits per heavy atom. The molecule has 2 fully saturated rings. The predicted octanol–water partition coefficient (Wildman–Crippen LogP) is 1.93. The van der Waals surface area contributed by atoms with Gasteiger partial charge in [-0.1, -0.05) is 13.8 Å². The molecule has 0 atom stereocenters. The van der Waals surface area contributed by atoms with E-state index in [0.717, 1.165) is 26.1 Å². The number of carboxylic acid groups (broad SMARTS) is 1. The van der Waals surface area contributed by atoms with Gasteiger partial charge in [0.05, 0.1) is 19.6 Å². The van der Waals surface area contributed by atoms with E-state index in [1.807, 2.05) is 0 Å². The molecule has 98 valence electrons. The molecule has 2 rings (SSSR count). The minimum Gasteiger partial charge on any atom is -0.481 e. The average Bonchev–Trinajstić information content (AvgIpc) is 2.14. The van der Waals surface area contributed by atoms with Crippen LogP contribution in [0.3, 0.4) is 0 Å². The van der Waals surface area contributed by atoms with E-state index in [2.05, 4.69) is 13.8 Å². The van der Waals surface area contributed by atoms with Gasteiger partial charge < -0.3 is 14.6 Å². The van der Waals surface area contributed by atoms with Gasteiger partial charge in [0.2, 0.25) is 0 Å². The molecular formula is C13H22O4. The molecule has 0 saturated carbocycles. The molecule has 0 aromatic rings. The van der Waals surface area contributed by atoms with Gasteiger partial charge in [-0.3, -0.25) is 4.79 Å². The fourth-order valence-electron chi connectivity index (χ4n) is 3.31. The van der Waals surface area contributed by atoms with Crippen molar-refractivity contribution in [3.05, 3.63) is 0 Å². The molecule has 17 heavy (non-hydrogen) atoms. The molecule has 0 aromatic carbocycles. The molecule has 0 bridgehead atoms. The lowest BCUT2D eigenvalue weighted by Crippen LogP contribution is -2.59. The van der Waals surface area contributed by atoms with Crippen molar-refractivity contribution in [3.8, 4) is 0 Å². The molecule has 0 spiro atoms. The Kier molecular flexibility index (Phi) is 3.46. The zero-order chi connectivity index (χ0) is 12.5. The van der Waals surface area contributed by atoms with Gasteiger partial charge in [0.1, 0.15) is 0 Å². The first-order valence-corrected chi connectivity index (χ1v) is 6.35. The summed E-state index contributed by atoms with van der Waals surface area (Å²) in [5.41, 5.74) is -0.172. The monoisotopic (exact) mass is 242 g/mol. The molecule has 4 nitrogen and oxygen atoms in total. The van der Waals surface area contributed by atoms with Crippen LogP contribution in [0.25, 0.3) is 0 Å². The van der Waals surface area contributed by atoms with Crippen molar-refractivity contribution < 1.29 is 19.4 Å². The summed E-state index contributed by atoms with van der Waals surface area (Å²) < 4.78 is 10.8. The van der Waals surface area contributed by atoms with Crippen LogP contribution in [0.5, 0.6) is 0 Å². The molecule has 2 aliphatic heterocycles. The zero-order valence-electron chi connectivity index (χ0n) is 10.7. The van der Waals surface area contributed by atoms with Crippen LogP contribution in [0.4, 0.5) is 0 Å². The molecule has 0 aliphatic carbocycles. The summed E-state index contributed by atoms with van der Waals surface area (Å²) in [6.07, 6.45) is 2.28. The molecular weight excluding hydrogens is 220 g/mol. The molecule has 2 saturated heterocycles. The Bertz CT molecular complexity index is 288. The van der Waals surface area contributed by atoms with E-state index in [1.54, 1.807) is 0 Å². The third-order valence-electron chi connectivity index (χ3n) is 4.66. The predicted molar refractivity (Wildman–Crippen MR) is 62.8 cm³/mol. The third-order valence-corrected chi connectivity index (χ3v) is 4.66. The second-order valence-electron chi connectivity index (χ2n) is 5.99. The lowest BCUT2D eigenvalue weighted by atomic mass is 9.54. The van der Waals surface area contributed by atoms with E-state index < -0.39 is 5.97 Å². The van der Waals surface area contributed by atoms with Gasteiger partial charge in [0, 0.05) is 18.6 Å². The van der Waals surface area contributed by atoms with Gasteiger partial charge in [0.25, 0.3) is 0 Å². The largest absolute Gasteiger partial charge is 0.481 e. The molecule has 1 N–H and O–H groups in total. The summed E-state index contributed by atoms with van der Waals surface area (Å²) in [4.78, 5) is 11.0. The second-order valence-corrected chi connectivity index (χ2v) is 5.99. The van der Waals surface area contributed by atoms with Crippen molar-refractivity contribution in [2.24, 2.45) is 16.7 Å². The van der Waals surface area contributed by atoms with Crippen molar-refractivity contribution in [2.45, 2.75) is 33.1 Å². The molecule has 0 amide bonds. The summed E-state index contributed by atoms with van der Waals surface area (Å²) in [5, 5.41) is 9.06. The van der Waals surface area contributed by atoms with Crippen LogP contribution < -0.4 is 0 Å². The van der Waals surface area contributed by atoms with Crippen LogP contribution in [0.15, 0.2) is 0 Å². The molecule has 2 heterocycles. The van der Waals surface area contributed by atoms with E-state index >= 15 is 0 Å². The third kappa shape index (κ3) is 2.20.